The third-order valence-electron chi connectivity index (χ3n) is 3.83. The fourth-order valence-corrected chi connectivity index (χ4v) is 3.69. The molecule has 2 aliphatic rings. The number of benzene rings is 1. The minimum atomic E-state index is 0.0860. The molecule has 3 rings (SSSR count). The highest BCUT2D eigenvalue weighted by Crippen LogP contribution is 2.33. The van der Waals surface area contributed by atoms with Crippen LogP contribution >= 0.6 is 11.8 Å². The molecule has 108 valence electrons. The molecular weight excluding hydrogens is 270 g/mol. The van der Waals surface area contributed by atoms with E-state index in [-0.39, 0.29) is 5.91 Å². The van der Waals surface area contributed by atoms with Gasteiger partial charge in [-0.1, -0.05) is 0 Å². The molecule has 1 fully saturated rings. The SMILES string of the molecule is CC(CC1CCCN1)Nc1ccc2c(c1)NC(=O)CS2. The van der Waals surface area contributed by atoms with Gasteiger partial charge in [0.25, 0.3) is 0 Å². The number of carbonyl (C=O) groups is 1. The summed E-state index contributed by atoms with van der Waals surface area (Å²) in [6, 6.07) is 7.29. The molecule has 2 atom stereocenters. The van der Waals surface area contributed by atoms with E-state index in [9.17, 15) is 4.79 Å². The van der Waals surface area contributed by atoms with Crippen molar-refractivity contribution >= 4 is 29.0 Å². The summed E-state index contributed by atoms with van der Waals surface area (Å²) in [6.45, 7) is 3.37. The van der Waals surface area contributed by atoms with Gasteiger partial charge in [-0.05, 0) is 50.9 Å². The Morgan fingerprint density at radius 3 is 3.20 bits per heavy atom. The largest absolute Gasteiger partial charge is 0.382 e. The lowest BCUT2D eigenvalue weighted by molar-refractivity contribution is -0.113. The normalized spacial score (nSPS) is 23.1. The number of fused-ring (bicyclic) bond motifs is 1. The van der Waals surface area contributed by atoms with Gasteiger partial charge < -0.3 is 16.0 Å². The molecule has 0 saturated carbocycles. The molecule has 0 aliphatic carbocycles. The highest BCUT2D eigenvalue weighted by molar-refractivity contribution is 8.00. The summed E-state index contributed by atoms with van der Waals surface area (Å²) in [5.41, 5.74) is 2.01. The minimum Gasteiger partial charge on any atom is -0.382 e. The molecule has 3 N–H and O–H groups in total. The Morgan fingerprint density at radius 2 is 2.40 bits per heavy atom. The van der Waals surface area contributed by atoms with Crippen molar-refractivity contribution in [1.82, 2.24) is 5.32 Å². The van der Waals surface area contributed by atoms with Crippen LogP contribution in [0.25, 0.3) is 0 Å². The number of amides is 1. The maximum absolute atomic E-state index is 11.4. The molecule has 2 heterocycles. The molecule has 1 aromatic rings. The Kier molecular flexibility index (Phi) is 4.17. The van der Waals surface area contributed by atoms with Gasteiger partial charge in [0.2, 0.25) is 5.91 Å². The van der Waals surface area contributed by atoms with Gasteiger partial charge in [-0.2, -0.15) is 0 Å². The first kappa shape index (κ1) is 13.8. The van der Waals surface area contributed by atoms with Crippen molar-refractivity contribution in [3.63, 3.8) is 0 Å². The van der Waals surface area contributed by atoms with Crippen molar-refractivity contribution in [3.8, 4) is 0 Å². The van der Waals surface area contributed by atoms with Crippen LogP contribution in [0.2, 0.25) is 0 Å². The van der Waals surface area contributed by atoms with E-state index in [2.05, 4.69) is 35.0 Å². The fourth-order valence-electron chi connectivity index (χ4n) is 2.90. The molecule has 5 heteroatoms. The lowest BCUT2D eigenvalue weighted by Crippen LogP contribution is -2.29. The van der Waals surface area contributed by atoms with Crippen molar-refractivity contribution < 1.29 is 4.79 Å². The van der Waals surface area contributed by atoms with Gasteiger partial charge in [0.05, 0.1) is 11.4 Å². The number of thioether (sulfide) groups is 1. The smallest absolute Gasteiger partial charge is 0.234 e. The van der Waals surface area contributed by atoms with Crippen molar-refractivity contribution in [1.29, 1.82) is 0 Å². The maximum atomic E-state index is 11.4. The monoisotopic (exact) mass is 291 g/mol. The van der Waals surface area contributed by atoms with Crippen molar-refractivity contribution in [3.05, 3.63) is 18.2 Å². The predicted octanol–water partition coefficient (Wildman–Crippen LogP) is 2.67. The highest BCUT2D eigenvalue weighted by atomic mass is 32.2. The molecule has 0 bridgehead atoms. The van der Waals surface area contributed by atoms with E-state index in [4.69, 9.17) is 0 Å². The van der Waals surface area contributed by atoms with Gasteiger partial charge in [0.1, 0.15) is 0 Å². The number of rotatable bonds is 4. The van der Waals surface area contributed by atoms with Gasteiger partial charge in [-0.3, -0.25) is 4.79 Å². The molecule has 1 saturated heterocycles. The summed E-state index contributed by atoms with van der Waals surface area (Å²) in [4.78, 5) is 12.6. The second kappa shape index (κ2) is 6.06. The molecule has 0 aromatic heterocycles. The number of carbonyl (C=O) groups excluding carboxylic acids is 1. The van der Waals surface area contributed by atoms with E-state index >= 15 is 0 Å². The van der Waals surface area contributed by atoms with Gasteiger partial charge in [0.15, 0.2) is 0 Å². The van der Waals surface area contributed by atoms with E-state index < -0.39 is 0 Å². The van der Waals surface area contributed by atoms with Crippen molar-refractivity contribution in [2.45, 2.75) is 43.2 Å². The van der Waals surface area contributed by atoms with Crippen LogP contribution in [0.1, 0.15) is 26.2 Å². The summed E-state index contributed by atoms with van der Waals surface area (Å²) in [7, 11) is 0. The first-order valence-corrected chi connectivity index (χ1v) is 8.26. The van der Waals surface area contributed by atoms with Gasteiger partial charge in [-0.25, -0.2) is 0 Å². The summed E-state index contributed by atoms with van der Waals surface area (Å²) in [5, 5.41) is 10.00. The lowest BCUT2D eigenvalue weighted by atomic mass is 10.1. The van der Waals surface area contributed by atoms with Gasteiger partial charge >= 0.3 is 0 Å². The summed E-state index contributed by atoms with van der Waals surface area (Å²) in [5.74, 6) is 0.603. The zero-order chi connectivity index (χ0) is 13.9. The van der Waals surface area contributed by atoms with Crippen LogP contribution in [-0.4, -0.2) is 30.3 Å². The zero-order valence-electron chi connectivity index (χ0n) is 11.7. The number of anilines is 2. The standard InChI is InChI=1S/C15H21N3OS/c1-10(7-11-3-2-6-16-11)17-12-4-5-14-13(8-12)18-15(19)9-20-14/h4-5,8,10-11,16-17H,2-3,6-7,9H2,1H3,(H,18,19). The highest BCUT2D eigenvalue weighted by Gasteiger charge is 2.18. The third kappa shape index (κ3) is 3.27. The van der Waals surface area contributed by atoms with Gasteiger partial charge in [0, 0.05) is 22.7 Å². The van der Waals surface area contributed by atoms with Crippen molar-refractivity contribution in [2.24, 2.45) is 0 Å². The summed E-state index contributed by atoms with van der Waals surface area (Å²) < 4.78 is 0. The van der Waals surface area contributed by atoms with Crippen LogP contribution in [0.15, 0.2) is 23.1 Å². The predicted molar refractivity (Wildman–Crippen MR) is 84.5 cm³/mol. The van der Waals surface area contributed by atoms with Crippen LogP contribution in [0.4, 0.5) is 11.4 Å². The van der Waals surface area contributed by atoms with Crippen molar-refractivity contribution in [2.75, 3.05) is 22.9 Å². The zero-order valence-corrected chi connectivity index (χ0v) is 12.6. The molecule has 1 amide bonds. The summed E-state index contributed by atoms with van der Waals surface area (Å²) >= 11 is 1.60. The Bertz CT molecular complexity index is 500. The second-order valence-corrected chi connectivity index (χ2v) is 6.64. The molecule has 1 aromatic carbocycles. The Hall–Kier alpha value is -1.20. The minimum absolute atomic E-state index is 0.0860. The number of hydrogen-bond acceptors (Lipinski definition) is 4. The van der Waals surface area contributed by atoms with Gasteiger partial charge in [-0.15, -0.1) is 11.8 Å². The molecular formula is C15H21N3OS. The topological polar surface area (TPSA) is 53.2 Å². The average molecular weight is 291 g/mol. The van der Waals surface area contributed by atoms with E-state index in [1.165, 1.54) is 12.8 Å². The quantitative estimate of drug-likeness (QED) is 0.798. The van der Waals surface area contributed by atoms with E-state index in [0.717, 1.165) is 29.2 Å². The summed E-state index contributed by atoms with van der Waals surface area (Å²) in [6.07, 6.45) is 3.71. The molecule has 2 unspecified atom stereocenters. The first-order valence-electron chi connectivity index (χ1n) is 7.27. The average Bonchev–Trinajstić information content (AvgIpc) is 2.91. The van der Waals surface area contributed by atoms with Crippen LogP contribution in [-0.2, 0) is 4.79 Å². The van der Waals surface area contributed by atoms with Crippen LogP contribution in [0.3, 0.4) is 0 Å². The number of hydrogen-bond donors (Lipinski definition) is 3. The Balaban J connectivity index is 1.62. The third-order valence-corrected chi connectivity index (χ3v) is 4.90. The van der Waals surface area contributed by atoms with E-state index in [0.29, 0.717) is 17.8 Å². The molecule has 2 aliphatic heterocycles. The number of nitrogens with one attached hydrogen (secondary N) is 3. The first-order chi connectivity index (χ1) is 9.70. The van der Waals surface area contributed by atoms with E-state index in [1.54, 1.807) is 11.8 Å². The second-order valence-electron chi connectivity index (χ2n) is 5.62. The Labute approximate surface area is 124 Å². The maximum Gasteiger partial charge on any atom is 0.234 e. The fraction of sp³-hybridized carbons (Fsp3) is 0.533. The molecule has 4 nitrogen and oxygen atoms in total. The molecule has 20 heavy (non-hydrogen) atoms. The Morgan fingerprint density at radius 1 is 1.50 bits per heavy atom. The molecule has 0 spiro atoms. The molecule has 0 radical (unpaired) electrons. The van der Waals surface area contributed by atoms with E-state index in [1.807, 2.05) is 6.07 Å². The lowest BCUT2D eigenvalue weighted by Gasteiger charge is -2.21. The van der Waals surface area contributed by atoms with Crippen LogP contribution in [0.5, 0.6) is 0 Å². The van der Waals surface area contributed by atoms with Crippen LogP contribution < -0.4 is 16.0 Å². The van der Waals surface area contributed by atoms with Crippen LogP contribution in [0, 0.1) is 0 Å².